The van der Waals surface area contributed by atoms with Gasteiger partial charge in [0.15, 0.2) is 0 Å². The van der Waals surface area contributed by atoms with Gasteiger partial charge in [0, 0.05) is 43.8 Å². The van der Waals surface area contributed by atoms with Crippen molar-refractivity contribution in [2.45, 2.75) is 32.6 Å². The fourth-order valence-electron chi connectivity index (χ4n) is 4.26. The molecular weight excluding hydrogens is 482 g/mol. The quantitative estimate of drug-likeness (QED) is 0.298. The summed E-state index contributed by atoms with van der Waals surface area (Å²) >= 11 is 0. The fourth-order valence-corrected chi connectivity index (χ4v) is 4.26. The van der Waals surface area contributed by atoms with Gasteiger partial charge in [-0.05, 0) is 37.2 Å². The molecule has 0 spiro atoms. The van der Waals surface area contributed by atoms with Crippen LogP contribution in [-0.4, -0.2) is 90.9 Å². The minimum absolute atomic E-state index is 0.0425. The summed E-state index contributed by atoms with van der Waals surface area (Å²) in [5.41, 5.74) is 1.95. The van der Waals surface area contributed by atoms with E-state index in [1.54, 1.807) is 12.0 Å². The standard InChI is InChI=1S/C20H30N6O2.C8H11NO/c1-14(2)17(12-27)23-20-15-6-4-5-7-16(15)22-18(24-20)10-26-9-8-25(13-28)11-19(26)21-3;1-9-7-4-3-5-8(6-7)10-2/h4-7,13-14,17,19,21,27H,8-12H2,1-3H3,(H,22,23,24);3-6,9H,1-2H3. The number of hydrogen-bond acceptors (Lipinski definition) is 9. The van der Waals surface area contributed by atoms with Crippen molar-refractivity contribution >= 4 is 28.8 Å². The second-order valence-electron chi connectivity index (χ2n) is 9.54. The molecule has 0 bridgehead atoms. The summed E-state index contributed by atoms with van der Waals surface area (Å²) in [6.07, 6.45) is 0.961. The van der Waals surface area contributed by atoms with E-state index in [4.69, 9.17) is 14.7 Å². The first kappa shape index (κ1) is 29.1. The molecule has 1 aliphatic rings. The number of anilines is 2. The van der Waals surface area contributed by atoms with E-state index >= 15 is 0 Å². The van der Waals surface area contributed by atoms with Crippen LogP contribution < -0.4 is 20.7 Å². The lowest BCUT2D eigenvalue weighted by atomic mass is 10.1. The predicted octanol–water partition coefficient (Wildman–Crippen LogP) is 2.62. The number of nitrogens with one attached hydrogen (secondary N) is 3. The summed E-state index contributed by atoms with van der Waals surface area (Å²) in [4.78, 5) is 24.7. The van der Waals surface area contributed by atoms with E-state index < -0.39 is 0 Å². The maximum absolute atomic E-state index is 11.1. The highest BCUT2D eigenvalue weighted by molar-refractivity contribution is 5.89. The molecule has 1 aromatic heterocycles. The molecule has 0 saturated carbocycles. The molecular formula is C28H41N7O3. The van der Waals surface area contributed by atoms with E-state index in [0.717, 1.165) is 46.9 Å². The Morgan fingerprint density at radius 1 is 1.13 bits per heavy atom. The van der Waals surface area contributed by atoms with Gasteiger partial charge in [-0.2, -0.15) is 0 Å². The zero-order valence-corrected chi connectivity index (χ0v) is 23.0. The van der Waals surface area contributed by atoms with Crippen molar-refractivity contribution in [2.75, 3.05) is 58.1 Å². The number of carbonyl (C=O) groups excluding carboxylic acids is 1. The fraction of sp³-hybridized carbons (Fsp3) is 0.464. The van der Waals surface area contributed by atoms with E-state index in [1.165, 1.54) is 0 Å². The summed E-state index contributed by atoms with van der Waals surface area (Å²) in [5.74, 6) is 2.63. The third-order valence-corrected chi connectivity index (χ3v) is 6.68. The highest BCUT2D eigenvalue weighted by Gasteiger charge is 2.26. The van der Waals surface area contributed by atoms with E-state index in [1.807, 2.05) is 62.6 Å². The number of ether oxygens (including phenoxy) is 1. The third kappa shape index (κ3) is 7.77. The molecule has 206 valence electrons. The normalized spacial score (nSPS) is 16.5. The van der Waals surface area contributed by atoms with Crippen LogP contribution in [-0.2, 0) is 11.3 Å². The van der Waals surface area contributed by atoms with Crippen molar-refractivity contribution in [2.24, 2.45) is 5.92 Å². The molecule has 38 heavy (non-hydrogen) atoms. The maximum Gasteiger partial charge on any atom is 0.209 e. The number of benzene rings is 2. The Labute approximate surface area is 225 Å². The maximum atomic E-state index is 11.1. The molecule has 2 heterocycles. The predicted molar refractivity (Wildman–Crippen MR) is 152 cm³/mol. The summed E-state index contributed by atoms with van der Waals surface area (Å²) in [6, 6.07) is 15.6. The lowest BCUT2D eigenvalue weighted by molar-refractivity contribution is -0.121. The van der Waals surface area contributed by atoms with E-state index in [2.05, 4.69) is 34.7 Å². The van der Waals surface area contributed by atoms with Crippen molar-refractivity contribution in [1.29, 1.82) is 0 Å². The first-order valence-corrected chi connectivity index (χ1v) is 13.0. The monoisotopic (exact) mass is 523 g/mol. The Balaban J connectivity index is 0.000000336. The molecule has 1 fully saturated rings. The molecule has 10 heteroatoms. The molecule has 1 amide bonds. The number of amides is 1. The molecule has 4 N–H and O–H groups in total. The van der Waals surface area contributed by atoms with Gasteiger partial charge in [0.05, 0.1) is 38.0 Å². The van der Waals surface area contributed by atoms with Crippen molar-refractivity contribution in [3.8, 4) is 5.75 Å². The van der Waals surface area contributed by atoms with Gasteiger partial charge in [-0.25, -0.2) is 9.97 Å². The van der Waals surface area contributed by atoms with Gasteiger partial charge in [-0.3, -0.25) is 9.69 Å². The lowest BCUT2D eigenvalue weighted by Gasteiger charge is -2.39. The van der Waals surface area contributed by atoms with Gasteiger partial charge in [-0.15, -0.1) is 0 Å². The summed E-state index contributed by atoms with van der Waals surface area (Å²) in [6.45, 7) is 6.86. The first-order chi connectivity index (χ1) is 18.4. The number of likely N-dealkylation sites (N-methyl/N-ethyl adjacent to an activating group) is 1. The molecule has 3 aromatic rings. The van der Waals surface area contributed by atoms with E-state index in [0.29, 0.717) is 19.6 Å². The topological polar surface area (TPSA) is 115 Å². The van der Waals surface area contributed by atoms with Crippen molar-refractivity contribution < 1.29 is 14.6 Å². The van der Waals surface area contributed by atoms with Crippen molar-refractivity contribution in [1.82, 2.24) is 25.1 Å². The molecule has 1 aliphatic heterocycles. The summed E-state index contributed by atoms with van der Waals surface area (Å²) < 4.78 is 5.02. The van der Waals surface area contributed by atoms with E-state index in [-0.39, 0.29) is 24.7 Å². The Morgan fingerprint density at radius 3 is 2.58 bits per heavy atom. The van der Waals surface area contributed by atoms with Crippen LogP contribution in [0.15, 0.2) is 48.5 Å². The number of rotatable bonds is 10. The van der Waals surface area contributed by atoms with Crippen LogP contribution in [0.3, 0.4) is 0 Å². The average molecular weight is 524 g/mol. The molecule has 2 unspecified atom stereocenters. The number of para-hydroxylation sites is 1. The number of hydrogen-bond donors (Lipinski definition) is 4. The number of methoxy groups -OCH3 is 1. The lowest BCUT2D eigenvalue weighted by Crippen LogP contribution is -2.57. The molecule has 4 rings (SSSR count). The molecule has 2 atom stereocenters. The Morgan fingerprint density at radius 2 is 1.92 bits per heavy atom. The largest absolute Gasteiger partial charge is 0.497 e. The van der Waals surface area contributed by atoms with Crippen molar-refractivity contribution in [3.05, 3.63) is 54.4 Å². The van der Waals surface area contributed by atoms with Crippen LogP contribution in [0.4, 0.5) is 11.5 Å². The third-order valence-electron chi connectivity index (χ3n) is 6.68. The minimum Gasteiger partial charge on any atom is -0.497 e. The highest BCUT2D eigenvalue weighted by atomic mass is 16.5. The van der Waals surface area contributed by atoms with E-state index in [9.17, 15) is 9.90 Å². The molecule has 0 aliphatic carbocycles. The molecule has 1 saturated heterocycles. The Bertz CT molecular complexity index is 1140. The Kier molecular flexibility index (Phi) is 11.1. The van der Waals surface area contributed by atoms with Crippen LogP contribution in [0.2, 0.25) is 0 Å². The highest BCUT2D eigenvalue weighted by Crippen LogP contribution is 2.23. The van der Waals surface area contributed by atoms with Gasteiger partial charge < -0.3 is 30.7 Å². The molecule has 0 radical (unpaired) electrons. The summed E-state index contributed by atoms with van der Waals surface area (Å²) in [7, 11) is 5.44. The average Bonchev–Trinajstić information content (AvgIpc) is 2.96. The number of aromatic nitrogens is 2. The van der Waals surface area contributed by atoms with Crippen molar-refractivity contribution in [3.63, 3.8) is 0 Å². The van der Waals surface area contributed by atoms with Crippen LogP contribution in [0.5, 0.6) is 5.75 Å². The van der Waals surface area contributed by atoms with Crippen LogP contribution in [0.1, 0.15) is 19.7 Å². The zero-order valence-electron chi connectivity index (χ0n) is 23.0. The number of fused-ring (bicyclic) bond motifs is 1. The molecule has 10 nitrogen and oxygen atoms in total. The second kappa shape index (κ2) is 14.5. The Hall–Kier alpha value is -3.47. The SMILES string of the molecule is CNC1CN(C=O)CCN1Cc1nc(NC(CO)C(C)C)c2ccccc2n1.CNc1cccc(OC)c1. The number of nitrogens with zero attached hydrogens (tertiary/aromatic N) is 4. The second-order valence-corrected chi connectivity index (χ2v) is 9.54. The van der Waals surface area contributed by atoms with Crippen LogP contribution in [0, 0.1) is 5.92 Å². The molecule has 2 aromatic carbocycles. The van der Waals surface area contributed by atoms with Crippen LogP contribution in [0.25, 0.3) is 10.9 Å². The number of piperazine rings is 1. The summed E-state index contributed by atoms with van der Waals surface area (Å²) in [5, 5.41) is 20.4. The first-order valence-electron chi connectivity index (χ1n) is 13.0. The number of carbonyl (C=O) groups is 1. The van der Waals surface area contributed by atoms with Crippen LogP contribution >= 0.6 is 0 Å². The smallest absolute Gasteiger partial charge is 0.209 e. The minimum atomic E-state index is -0.0765. The van der Waals surface area contributed by atoms with Gasteiger partial charge in [0.2, 0.25) is 6.41 Å². The van der Waals surface area contributed by atoms with Gasteiger partial charge in [0.25, 0.3) is 0 Å². The number of aliphatic hydroxyl groups excluding tert-OH is 1. The zero-order chi connectivity index (χ0) is 27.5. The van der Waals surface area contributed by atoms with Gasteiger partial charge in [0.1, 0.15) is 17.4 Å². The van der Waals surface area contributed by atoms with Gasteiger partial charge >= 0.3 is 0 Å². The number of aliphatic hydroxyl groups is 1. The van der Waals surface area contributed by atoms with Gasteiger partial charge in [-0.1, -0.05) is 32.0 Å².